The fourth-order valence-electron chi connectivity index (χ4n) is 2.46. The lowest BCUT2D eigenvalue weighted by atomic mass is 10.0. The van der Waals surface area contributed by atoms with Crippen molar-refractivity contribution in [1.29, 1.82) is 0 Å². The molecule has 0 radical (unpaired) electrons. The van der Waals surface area contributed by atoms with E-state index < -0.39 is 17.5 Å². The molecular weight excluding hydrogens is 252 g/mol. The van der Waals surface area contributed by atoms with Gasteiger partial charge in [0.25, 0.3) is 0 Å². The number of esters is 1. The van der Waals surface area contributed by atoms with Crippen LogP contribution in [0.25, 0.3) is 0 Å². The molecule has 0 N–H and O–H groups in total. The summed E-state index contributed by atoms with van der Waals surface area (Å²) in [6, 6.07) is 0. The van der Waals surface area contributed by atoms with Crippen molar-refractivity contribution >= 4 is 5.97 Å². The van der Waals surface area contributed by atoms with Gasteiger partial charge in [-0.05, 0) is 19.9 Å². The fourth-order valence-corrected chi connectivity index (χ4v) is 2.46. The molecule has 6 heteroatoms. The van der Waals surface area contributed by atoms with Crippen molar-refractivity contribution in [3.63, 3.8) is 0 Å². The Bertz CT molecular complexity index is 377. The molecule has 0 amide bonds. The van der Waals surface area contributed by atoms with Crippen LogP contribution >= 0.6 is 0 Å². The zero-order valence-corrected chi connectivity index (χ0v) is 11.7. The number of rotatable bonds is 5. The molecule has 0 unspecified atom stereocenters. The molecule has 0 aromatic carbocycles. The summed E-state index contributed by atoms with van der Waals surface area (Å²) in [5, 5.41) is 0. The molecule has 1 saturated heterocycles. The van der Waals surface area contributed by atoms with Gasteiger partial charge in [0.2, 0.25) is 0 Å². The summed E-state index contributed by atoms with van der Waals surface area (Å²) in [7, 11) is 1.53. The van der Waals surface area contributed by atoms with Crippen molar-refractivity contribution in [2.24, 2.45) is 0 Å². The highest BCUT2D eigenvalue weighted by molar-refractivity contribution is 5.67. The van der Waals surface area contributed by atoms with Crippen LogP contribution in [0.4, 0.5) is 0 Å². The highest BCUT2D eigenvalue weighted by atomic mass is 16.8. The Morgan fingerprint density at radius 2 is 2.11 bits per heavy atom. The molecule has 1 heterocycles. The maximum absolute atomic E-state index is 11.3. The number of fused-ring (bicyclic) bond motifs is 1. The lowest BCUT2D eigenvalue weighted by molar-refractivity contribution is -0.196. The largest absolute Gasteiger partial charge is 0.450 e. The Labute approximate surface area is 112 Å². The van der Waals surface area contributed by atoms with Gasteiger partial charge in [-0.3, -0.25) is 4.79 Å². The number of hydrogen-bond acceptors (Lipinski definition) is 6. The van der Waals surface area contributed by atoms with Gasteiger partial charge in [0.1, 0.15) is 19.0 Å². The lowest BCUT2D eigenvalue weighted by Crippen LogP contribution is -2.49. The Morgan fingerprint density at radius 3 is 2.74 bits per heavy atom. The first-order chi connectivity index (χ1) is 8.88. The van der Waals surface area contributed by atoms with Crippen molar-refractivity contribution < 1.29 is 28.5 Å². The van der Waals surface area contributed by atoms with E-state index >= 15 is 0 Å². The molecule has 3 atom stereocenters. The maximum Gasteiger partial charge on any atom is 0.303 e. The molecule has 0 bridgehead atoms. The summed E-state index contributed by atoms with van der Waals surface area (Å²) in [4.78, 5) is 11.3. The predicted octanol–water partition coefficient (Wildman–Crippen LogP) is 0.999. The summed E-state index contributed by atoms with van der Waals surface area (Å²) in [6.07, 6.45) is 2.98. The van der Waals surface area contributed by atoms with Crippen molar-refractivity contribution in [3.05, 3.63) is 12.2 Å². The number of ether oxygens (including phenoxy) is 5. The van der Waals surface area contributed by atoms with Crippen LogP contribution in [0.5, 0.6) is 0 Å². The molecule has 1 aliphatic carbocycles. The van der Waals surface area contributed by atoms with Crippen LogP contribution in [0.1, 0.15) is 20.8 Å². The van der Waals surface area contributed by atoms with Crippen LogP contribution in [0.2, 0.25) is 0 Å². The molecule has 0 saturated carbocycles. The van der Waals surface area contributed by atoms with E-state index in [1.165, 1.54) is 14.0 Å². The molecular formula is C13H20O6. The van der Waals surface area contributed by atoms with Crippen LogP contribution < -0.4 is 0 Å². The summed E-state index contributed by atoms with van der Waals surface area (Å²) in [5.74, 6) is -1.09. The molecule has 108 valence electrons. The van der Waals surface area contributed by atoms with Gasteiger partial charge in [-0.2, -0.15) is 0 Å². The van der Waals surface area contributed by atoms with Crippen molar-refractivity contribution in [2.45, 2.75) is 44.4 Å². The Hall–Kier alpha value is -0.950. The lowest BCUT2D eigenvalue weighted by Gasteiger charge is -2.32. The number of carbonyl (C=O) groups excluding carboxylic acids is 1. The van der Waals surface area contributed by atoms with Crippen molar-refractivity contribution in [2.75, 3.05) is 20.5 Å². The average Bonchev–Trinajstić information content (AvgIpc) is 2.75. The molecule has 2 rings (SSSR count). The summed E-state index contributed by atoms with van der Waals surface area (Å²) in [5.41, 5.74) is -0.956. The standard InChI is InChI=1S/C13H20O6/c1-9(14)17-13(7-16-8-15-4)6-5-10-11(13)19-12(2,3)18-10/h5-6,10-11H,7-8H2,1-4H3/t10-,11-,13-/m0/s1. The van der Waals surface area contributed by atoms with Gasteiger partial charge in [0, 0.05) is 14.0 Å². The minimum Gasteiger partial charge on any atom is -0.450 e. The van der Waals surface area contributed by atoms with Crippen LogP contribution in [-0.4, -0.2) is 50.1 Å². The average molecular weight is 272 g/mol. The third-order valence-electron chi connectivity index (χ3n) is 3.04. The van der Waals surface area contributed by atoms with Gasteiger partial charge < -0.3 is 23.7 Å². The molecule has 19 heavy (non-hydrogen) atoms. The SMILES string of the molecule is COCOC[C@@]1(OC(C)=O)C=C[C@@H]2OC(C)(C)O[C@@H]21. The smallest absolute Gasteiger partial charge is 0.303 e. The molecule has 2 aliphatic rings. The topological polar surface area (TPSA) is 63.2 Å². The fraction of sp³-hybridized carbons (Fsp3) is 0.769. The quantitative estimate of drug-likeness (QED) is 0.322. The van der Waals surface area contributed by atoms with E-state index in [1.807, 2.05) is 19.9 Å². The highest BCUT2D eigenvalue weighted by Gasteiger charge is 2.56. The summed E-state index contributed by atoms with van der Waals surface area (Å²) < 4.78 is 27.2. The second-order valence-corrected chi connectivity index (χ2v) is 5.18. The maximum atomic E-state index is 11.3. The van der Waals surface area contributed by atoms with Gasteiger partial charge in [-0.25, -0.2) is 0 Å². The van der Waals surface area contributed by atoms with Crippen LogP contribution in [0, 0.1) is 0 Å². The number of carbonyl (C=O) groups is 1. The summed E-state index contributed by atoms with van der Waals surface area (Å²) >= 11 is 0. The normalized spacial score (nSPS) is 35.4. The van der Waals surface area contributed by atoms with Crippen molar-refractivity contribution in [1.82, 2.24) is 0 Å². The van der Waals surface area contributed by atoms with Crippen LogP contribution in [-0.2, 0) is 28.5 Å². The first-order valence-corrected chi connectivity index (χ1v) is 6.20. The number of hydrogen-bond donors (Lipinski definition) is 0. The Balaban J connectivity index is 2.14. The van der Waals surface area contributed by atoms with Crippen LogP contribution in [0.3, 0.4) is 0 Å². The zero-order valence-electron chi connectivity index (χ0n) is 11.7. The van der Waals surface area contributed by atoms with E-state index in [-0.39, 0.29) is 25.5 Å². The van der Waals surface area contributed by atoms with E-state index in [0.29, 0.717) is 0 Å². The molecule has 0 spiro atoms. The highest BCUT2D eigenvalue weighted by Crippen LogP contribution is 2.41. The van der Waals surface area contributed by atoms with E-state index in [2.05, 4.69) is 0 Å². The Kier molecular flexibility index (Phi) is 3.96. The van der Waals surface area contributed by atoms with E-state index in [1.54, 1.807) is 6.08 Å². The molecule has 0 aromatic rings. The first-order valence-electron chi connectivity index (χ1n) is 6.20. The first kappa shape index (κ1) is 14.5. The predicted molar refractivity (Wildman–Crippen MR) is 65.3 cm³/mol. The Morgan fingerprint density at radius 1 is 1.37 bits per heavy atom. The van der Waals surface area contributed by atoms with Gasteiger partial charge >= 0.3 is 5.97 Å². The third kappa shape index (κ3) is 2.97. The molecule has 0 aromatic heterocycles. The molecule has 6 nitrogen and oxygen atoms in total. The third-order valence-corrected chi connectivity index (χ3v) is 3.04. The minimum absolute atomic E-state index is 0.124. The van der Waals surface area contributed by atoms with E-state index in [0.717, 1.165) is 0 Å². The number of methoxy groups -OCH3 is 1. The van der Waals surface area contributed by atoms with Gasteiger partial charge in [-0.1, -0.05) is 6.08 Å². The monoisotopic (exact) mass is 272 g/mol. The second kappa shape index (κ2) is 5.20. The molecule has 1 aliphatic heterocycles. The minimum atomic E-state index is -0.956. The molecule has 1 fully saturated rings. The van der Waals surface area contributed by atoms with Gasteiger partial charge in [0.05, 0.1) is 6.61 Å². The van der Waals surface area contributed by atoms with E-state index in [9.17, 15) is 4.79 Å². The van der Waals surface area contributed by atoms with Gasteiger partial charge in [-0.15, -0.1) is 0 Å². The van der Waals surface area contributed by atoms with Crippen molar-refractivity contribution in [3.8, 4) is 0 Å². The van der Waals surface area contributed by atoms with Crippen LogP contribution in [0.15, 0.2) is 12.2 Å². The second-order valence-electron chi connectivity index (χ2n) is 5.18. The zero-order chi connectivity index (χ0) is 14.1. The van der Waals surface area contributed by atoms with Gasteiger partial charge in [0.15, 0.2) is 11.4 Å². The summed E-state index contributed by atoms with van der Waals surface area (Å²) in [6.45, 7) is 5.30. The van der Waals surface area contributed by atoms with E-state index in [4.69, 9.17) is 23.7 Å².